The van der Waals surface area contributed by atoms with Gasteiger partial charge in [0, 0.05) is 56.5 Å². The number of aliphatic hydroxyl groups is 1. The molecule has 2 amide bonds. The summed E-state index contributed by atoms with van der Waals surface area (Å²) in [6.07, 6.45) is 1.25. The number of nitrogens with zero attached hydrogens (tertiary/aromatic N) is 3. The maximum atomic E-state index is 14.1. The number of likely N-dealkylation sites (N-methyl/N-ethyl adjacent to an activating group) is 1. The fourth-order valence-corrected chi connectivity index (χ4v) is 6.26. The molecule has 0 saturated carbocycles. The number of carbonyl (C=O) groups is 3. The summed E-state index contributed by atoms with van der Waals surface area (Å²) in [5, 5.41) is 11.7. The fraction of sp³-hybridized carbons (Fsp3) is 0.414. The molecule has 6 rings (SSSR count). The van der Waals surface area contributed by atoms with Crippen molar-refractivity contribution in [1.29, 1.82) is 0 Å². The van der Waals surface area contributed by atoms with E-state index in [0.29, 0.717) is 49.4 Å². The Morgan fingerprint density at radius 3 is 2.63 bits per heavy atom. The van der Waals surface area contributed by atoms with Crippen molar-refractivity contribution >= 4 is 29.0 Å². The number of amides is 2. The Morgan fingerprint density at radius 2 is 1.84 bits per heavy atom. The molecule has 1 N–H and O–H groups in total. The molecule has 4 heterocycles. The van der Waals surface area contributed by atoms with Crippen LogP contribution in [0.4, 0.5) is 5.69 Å². The summed E-state index contributed by atoms with van der Waals surface area (Å²) >= 11 is 0. The number of morpholine rings is 1. The Bertz CT molecular complexity index is 1360. The van der Waals surface area contributed by atoms with Crippen LogP contribution in [0.25, 0.3) is 5.76 Å². The Labute approximate surface area is 221 Å². The lowest BCUT2D eigenvalue weighted by Crippen LogP contribution is -2.52. The Kier molecular flexibility index (Phi) is 6.00. The van der Waals surface area contributed by atoms with Crippen molar-refractivity contribution in [2.45, 2.75) is 31.4 Å². The molecule has 1 spiro atoms. The van der Waals surface area contributed by atoms with Crippen molar-refractivity contribution in [1.82, 2.24) is 9.80 Å². The lowest BCUT2D eigenvalue weighted by Gasteiger charge is -2.35. The number of hydrogen-bond donors (Lipinski definition) is 1. The van der Waals surface area contributed by atoms with E-state index in [-0.39, 0.29) is 24.0 Å². The van der Waals surface area contributed by atoms with E-state index >= 15 is 0 Å². The number of ketones is 1. The fourth-order valence-electron chi connectivity index (χ4n) is 6.26. The van der Waals surface area contributed by atoms with Gasteiger partial charge in [0.05, 0.1) is 18.8 Å². The maximum Gasteiger partial charge on any atom is 0.296 e. The first kappa shape index (κ1) is 24.6. The molecule has 198 valence electrons. The molecule has 2 atom stereocenters. The van der Waals surface area contributed by atoms with Crippen LogP contribution in [0.1, 0.15) is 30.0 Å². The molecule has 2 saturated heterocycles. The van der Waals surface area contributed by atoms with Crippen LogP contribution in [0.2, 0.25) is 0 Å². The van der Waals surface area contributed by atoms with Crippen molar-refractivity contribution in [3.63, 3.8) is 0 Å². The maximum absolute atomic E-state index is 14.1. The molecule has 4 aliphatic rings. The number of hydrogen-bond acceptors (Lipinski definition) is 7. The average molecular weight is 518 g/mol. The quantitative estimate of drug-likeness (QED) is 0.369. The van der Waals surface area contributed by atoms with Gasteiger partial charge in [0.25, 0.3) is 17.6 Å². The van der Waals surface area contributed by atoms with Crippen LogP contribution in [-0.4, -0.2) is 85.0 Å². The van der Waals surface area contributed by atoms with E-state index in [2.05, 4.69) is 4.90 Å². The summed E-state index contributed by atoms with van der Waals surface area (Å²) < 4.78 is 11.2. The number of ether oxygens (including phenoxy) is 2. The van der Waals surface area contributed by atoms with Gasteiger partial charge in [-0.1, -0.05) is 18.2 Å². The second-order valence-corrected chi connectivity index (χ2v) is 10.4. The molecule has 0 aromatic heterocycles. The molecule has 0 bridgehead atoms. The number of benzene rings is 2. The third-order valence-electron chi connectivity index (χ3n) is 8.07. The second-order valence-electron chi connectivity index (χ2n) is 10.4. The first-order chi connectivity index (χ1) is 18.3. The summed E-state index contributed by atoms with van der Waals surface area (Å²) in [6, 6.07) is 12.4. The van der Waals surface area contributed by atoms with E-state index in [0.717, 1.165) is 24.4 Å². The smallest absolute Gasteiger partial charge is 0.296 e. The zero-order valence-corrected chi connectivity index (χ0v) is 21.6. The van der Waals surface area contributed by atoms with Gasteiger partial charge in [0.2, 0.25) is 0 Å². The van der Waals surface area contributed by atoms with Gasteiger partial charge in [0.1, 0.15) is 17.6 Å². The number of fused-ring (bicyclic) bond motifs is 3. The lowest BCUT2D eigenvalue weighted by atomic mass is 9.81. The highest BCUT2D eigenvalue weighted by molar-refractivity contribution is 6.50. The second kappa shape index (κ2) is 9.25. The van der Waals surface area contributed by atoms with Crippen LogP contribution < -0.4 is 9.64 Å². The number of para-hydroxylation sites is 1. The number of Topliss-reactive ketones (excluding diaryl/α,β-unsaturated/α-hetero) is 1. The molecule has 9 nitrogen and oxygen atoms in total. The highest BCUT2D eigenvalue weighted by Gasteiger charge is 2.66. The summed E-state index contributed by atoms with van der Waals surface area (Å²) in [5.74, 6) is -1.67. The van der Waals surface area contributed by atoms with Crippen LogP contribution in [0, 0.1) is 0 Å². The van der Waals surface area contributed by atoms with E-state index in [9.17, 15) is 19.5 Å². The zero-order valence-electron chi connectivity index (χ0n) is 21.6. The van der Waals surface area contributed by atoms with Crippen LogP contribution in [0.15, 0.2) is 48.0 Å². The Morgan fingerprint density at radius 1 is 1.08 bits per heavy atom. The van der Waals surface area contributed by atoms with Gasteiger partial charge in [0.15, 0.2) is 5.54 Å². The van der Waals surface area contributed by atoms with E-state index in [4.69, 9.17) is 9.47 Å². The predicted octanol–water partition coefficient (Wildman–Crippen LogP) is 2.28. The number of rotatable bonds is 5. The summed E-state index contributed by atoms with van der Waals surface area (Å²) in [4.78, 5) is 46.5. The average Bonchev–Trinajstić information content (AvgIpc) is 3.49. The molecular formula is C29H31N3O6. The molecule has 0 unspecified atom stereocenters. The molecule has 9 heteroatoms. The molecule has 0 aliphatic carbocycles. The van der Waals surface area contributed by atoms with Gasteiger partial charge >= 0.3 is 0 Å². The minimum absolute atomic E-state index is 0.00923. The monoisotopic (exact) mass is 517 g/mol. The molecule has 2 fully saturated rings. The highest BCUT2D eigenvalue weighted by Crippen LogP contribution is 2.53. The minimum atomic E-state index is -1.72. The Hall–Kier alpha value is -3.69. The van der Waals surface area contributed by atoms with Gasteiger partial charge in [-0.15, -0.1) is 0 Å². The van der Waals surface area contributed by atoms with Crippen LogP contribution in [-0.2, 0) is 31.1 Å². The van der Waals surface area contributed by atoms with E-state index < -0.39 is 23.1 Å². The minimum Gasteiger partial charge on any atom is -0.507 e. The lowest BCUT2D eigenvalue weighted by molar-refractivity contribution is -0.143. The highest BCUT2D eigenvalue weighted by atomic mass is 16.5. The molecule has 4 aliphatic heterocycles. The van der Waals surface area contributed by atoms with Crippen molar-refractivity contribution in [3.05, 3.63) is 64.7 Å². The molecule has 0 radical (unpaired) electrons. The van der Waals surface area contributed by atoms with E-state index in [1.165, 1.54) is 9.80 Å². The third-order valence-corrected chi connectivity index (χ3v) is 8.07. The van der Waals surface area contributed by atoms with E-state index in [1.54, 1.807) is 43.4 Å². The first-order valence-electron chi connectivity index (χ1n) is 13.1. The van der Waals surface area contributed by atoms with Gasteiger partial charge in [-0.3, -0.25) is 19.3 Å². The van der Waals surface area contributed by atoms with Gasteiger partial charge in [-0.2, -0.15) is 0 Å². The molecule has 2 aromatic carbocycles. The Balaban J connectivity index is 1.46. The molecular weight excluding hydrogens is 486 g/mol. The van der Waals surface area contributed by atoms with Crippen LogP contribution >= 0.6 is 0 Å². The summed E-state index contributed by atoms with van der Waals surface area (Å²) in [6.45, 7) is 5.79. The normalized spacial score (nSPS) is 26.3. The van der Waals surface area contributed by atoms with Crippen molar-refractivity contribution in [3.8, 4) is 5.75 Å². The summed E-state index contributed by atoms with van der Waals surface area (Å²) in [5.41, 5.74) is 0.523. The predicted molar refractivity (Wildman–Crippen MR) is 140 cm³/mol. The molecule has 38 heavy (non-hydrogen) atoms. The van der Waals surface area contributed by atoms with Crippen molar-refractivity contribution in [2.24, 2.45) is 0 Å². The SMILES string of the molecule is C[C@@H]1Cc2cc(C(O)=C3C(=O)C(=O)N(CCCN4CCOCC4)[C@]34C(=O)N(C)c3ccccc34)ccc2O1. The standard InChI is InChI=1S/C29H31N3O6/c1-18-16-20-17-19(8-9-23(20)38-18)25(33)24-26(34)27(35)32(11-5-10-31-12-14-37-15-13-31)29(24)21-6-3-4-7-22(21)30(2)28(29)36/h3-4,6-9,17-18,33H,5,10-16H2,1-2H3/t18-,29+/m1/s1. The molecule has 2 aromatic rings. The number of aliphatic hydroxyl groups excluding tert-OH is 1. The van der Waals surface area contributed by atoms with E-state index in [1.807, 2.05) is 13.0 Å². The summed E-state index contributed by atoms with van der Waals surface area (Å²) in [7, 11) is 1.64. The largest absolute Gasteiger partial charge is 0.507 e. The van der Waals surface area contributed by atoms with Crippen molar-refractivity contribution in [2.75, 3.05) is 51.3 Å². The topological polar surface area (TPSA) is 99.6 Å². The van der Waals surface area contributed by atoms with Gasteiger partial charge < -0.3 is 24.4 Å². The van der Waals surface area contributed by atoms with Gasteiger partial charge in [-0.05, 0) is 43.2 Å². The number of likely N-dealkylation sites (tertiary alicyclic amines) is 1. The number of anilines is 1. The zero-order chi connectivity index (χ0) is 26.6. The van der Waals surface area contributed by atoms with Gasteiger partial charge in [-0.25, -0.2) is 0 Å². The number of carbonyl (C=O) groups excluding carboxylic acids is 3. The van der Waals surface area contributed by atoms with Crippen LogP contribution in [0.3, 0.4) is 0 Å². The van der Waals surface area contributed by atoms with Crippen molar-refractivity contribution < 1.29 is 29.0 Å². The van der Waals surface area contributed by atoms with Crippen LogP contribution in [0.5, 0.6) is 5.75 Å². The third kappa shape index (κ3) is 3.56. The first-order valence-corrected chi connectivity index (χ1v) is 13.1.